The Bertz CT molecular complexity index is 666. The van der Waals surface area contributed by atoms with Crippen molar-refractivity contribution in [1.82, 2.24) is 0 Å². The molecule has 21 heavy (non-hydrogen) atoms. The van der Waals surface area contributed by atoms with Gasteiger partial charge in [-0.1, -0.05) is 17.7 Å². The number of amides is 1. The molecule has 0 spiro atoms. The highest BCUT2D eigenvalue weighted by Gasteiger charge is 2.17. The first-order valence-corrected chi connectivity index (χ1v) is 7.39. The number of anilines is 1. The van der Waals surface area contributed by atoms with Crippen LogP contribution in [0.2, 0.25) is 5.02 Å². The van der Waals surface area contributed by atoms with E-state index in [0.29, 0.717) is 10.7 Å². The summed E-state index contributed by atoms with van der Waals surface area (Å²) in [5.74, 6) is -1.41. The molecule has 1 amide bonds. The molecular formula is C15H12ClF2NOS. The van der Waals surface area contributed by atoms with Crippen molar-refractivity contribution < 1.29 is 13.6 Å². The van der Waals surface area contributed by atoms with E-state index in [9.17, 15) is 13.6 Å². The van der Waals surface area contributed by atoms with E-state index in [1.807, 2.05) is 0 Å². The summed E-state index contributed by atoms with van der Waals surface area (Å²) in [6, 6.07) is 9.86. The monoisotopic (exact) mass is 327 g/mol. The normalized spacial score (nSPS) is 12.0. The molecule has 110 valence electrons. The van der Waals surface area contributed by atoms with E-state index < -0.39 is 16.9 Å². The fourth-order valence-corrected chi connectivity index (χ4v) is 2.72. The summed E-state index contributed by atoms with van der Waals surface area (Å²) in [5, 5.41) is 2.60. The highest BCUT2D eigenvalue weighted by Crippen LogP contribution is 2.27. The standard InChI is InChI=1S/C15H12ClF2NOS/c1-9(21-14-8-11(17)5-6-13(14)18)15(20)19-12-4-2-3-10(16)7-12/h2-9H,1H3,(H,19,20)/t9-/m0/s1. The summed E-state index contributed by atoms with van der Waals surface area (Å²) in [7, 11) is 0. The average molecular weight is 328 g/mol. The number of hydrogen-bond donors (Lipinski definition) is 1. The molecule has 2 aromatic rings. The van der Waals surface area contributed by atoms with E-state index in [4.69, 9.17) is 11.6 Å². The van der Waals surface area contributed by atoms with Crippen LogP contribution in [0.5, 0.6) is 0 Å². The van der Waals surface area contributed by atoms with Gasteiger partial charge in [0.25, 0.3) is 0 Å². The molecule has 0 heterocycles. The Morgan fingerprint density at radius 1 is 1.24 bits per heavy atom. The minimum absolute atomic E-state index is 0.101. The zero-order valence-electron chi connectivity index (χ0n) is 11.1. The van der Waals surface area contributed by atoms with Gasteiger partial charge in [-0.2, -0.15) is 0 Å². The van der Waals surface area contributed by atoms with Crippen molar-refractivity contribution in [2.24, 2.45) is 0 Å². The quantitative estimate of drug-likeness (QED) is 0.822. The van der Waals surface area contributed by atoms with Crippen LogP contribution < -0.4 is 5.32 Å². The van der Waals surface area contributed by atoms with Gasteiger partial charge in [0.05, 0.1) is 5.25 Å². The molecule has 2 nitrogen and oxygen atoms in total. The summed E-state index contributed by atoms with van der Waals surface area (Å²) < 4.78 is 26.6. The fraction of sp³-hybridized carbons (Fsp3) is 0.133. The zero-order chi connectivity index (χ0) is 15.4. The van der Waals surface area contributed by atoms with Gasteiger partial charge in [-0.25, -0.2) is 8.78 Å². The van der Waals surface area contributed by atoms with Gasteiger partial charge in [-0.15, -0.1) is 11.8 Å². The van der Waals surface area contributed by atoms with Gasteiger partial charge in [0, 0.05) is 15.6 Å². The minimum atomic E-state index is -0.583. The van der Waals surface area contributed by atoms with Crippen LogP contribution in [0, 0.1) is 11.6 Å². The van der Waals surface area contributed by atoms with Crippen LogP contribution in [0.1, 0.15) is 6.92 Å². The minimum Gasteiger partial charge on any atom is -0.325 e. The highest BCUT2D eigenvalue weighted by atomic mass is 35.5. The lowest BCUT2D eigenvalue weighted by atomic mass is 10.3. The molecule has 1 atom stereocenters. The van der Waals surface area contributed by atoms with Crippen LogP contribution in [0.15, 0.2) is 47.4 Å². The number of benzene rings is 2. The summed E-state index contributed by atoms with van der Waals surface area (Å²) in [5.41, 5.74) is 0.555. The number of carbonyl (C=O) groups excluding carboxylic acids is 1. The first-order chi connectivity index (χ1) is 9.95. The first-order valence-electron chi connectivity index (χ1n) is 6.14. The lowest BCUT2D eigenvalue weighted by molar-refractivity contribution is -0.115. The molecule has 0 aliphatic rings. The Morgan fingerprint density at radius 2 is 2.00 bits per heavy atom. The molecule has 0 bridgehead atoms. The lowest BCUT2D eigenvalue weighted by Crippen LogP contribution is -2.22. The van der Waals surface area contributed by atoms with Gasteiger partial charge in [-0.3, -0.25) is 4.79 Å². The molecule has 2 rings (SSSR count). The van der Waals surface area contributed by atoms with E-state index in [1.54, 1.807) is 31.2 Å². The van der Waals surface area contributed by atoms with Crippen molar-refractivity contribution in [2.45, 2.75) is 17.1 Å². The maximum Gasteiger partial charge on any atom is 0.237 e. The van der Waals surface area contributed by atoms with E-state index >= 15 is 0 Å². The Hall–Kier alpha value is -1.59. The molecule has 0 unspecified atom stereocenters. The SMILES string of the molecule is C[C@H](Sc1cc(F)ccc1F)C(=O)Nc1cccc(Cl)c1. The molecule has 0 aliphatic heterocycles. The Morgan fingerprint density at radius 3 is 2.71 bits per heavy atom. The van der Waals surface area contributed by atoms with Crippen LogP contribution in [0.25, 0.3) is 0 Å². The van der Waals surface area contributed by atoms with Crippen molar-refractivity contribution in [3.05, 3.63) is 59.1 Å². The molecule has 0 radical (unpaired) electrons. The number of thioether (sulfide) groups is 1. The molecule has 2 aromatic carbocycles. The number of rotatable bonds is 4. The van der Waals surface area contributed by atoms with Crippen LogP contribution in [0.3, 0.4) is 0 Å². The Labute approximate surface area is 130 Å². The van der Waals surface area contributed by atoms with Crippen LogP contribution in [-0.2, 0) is 4.79 Å². The van der Waals surface area contributed by atoms with Gasteiger partial charge in [0.2, 0.25) is 5.91 Å². The van der Waals surface area contributed by atoms with Crippen molar-refractivity contribution in [3.8, 4) is 0 Å². The van der Waals surface area contributed by atoms with Crippen LogP contribution in [0.4, 0.5) is 14.5 Å². The summed E-state index contributed by atoms with van der Waals surface area (Å²) in [6.07, 6.45) is 0. The second kappa shape index (κ2) is 6.91. The Balaban J connectivity index is 2.04. The highest BCUT2D eigenvalue weighted by molar-refractivity contribution is 8.00. The summed E-state index contributed by atoms with van der Waals surface area (Å²) in [4.78, 5) is 12.1. The average Bonchev–Trinajstić information content (AvgIpc) is 2.43. The van der Waals surface area contributed by atoms with Crippen molar-refractivity contribution in [3.63, 3.8) is 0 Å². The van der Waals surface area contributed by atoms with Gasteiger partial charge in [0.1, 0.15) is 11.6 Å². The number of nitrogens with one attached hydrogen (secondary N) is 1. The van der Waals surface area contributed by atoms with E-state index in [1.165, 1.54) is 0 Å². The molecule has 0 aliphatic carbocycles. The van der Waals surface area contributed by atoms with Crippen molar-refractivity contribution in [1.29, 1.82) is 0 Å². The van der Waals surface area contributed by atoms with E-state index in [2.05, 4.69) is 5.32 Å². The van der Waals surface area contributed by atoms with E-state index in [0.717, 1.165) is 30.0 Å². The third-order valence-electron chi connectivity index (χ3n) is 2.66. The number of hydrogen-bond acceptors (Lipinski definition) is 2. The third kappa shape index (κ3) is 4.44. The number of halogens is 3. The molecular weight excluding hydrogens is 316 g/mol. The molecule has 0 aromatic heterocycles. The van der Waals surface area contributed by atoms with Gasteiger partial charge >= 0.3 is 0 Å². The van der Waals surface area contributed by atoms with Gasteiger partial charge in [-0.05, 0) is 43.3 Å². The van der Waals surface area contributed by atoms with Crippen molar-refractivity contribution >= 4 is 35.0 Å². The van der Waals surface area contributed by atoms with Crippen LogP contribution >= 0.6 is 23.4 Å². The van der Waals surface area contributed by atoms with Crippen LogP contribution in [-0.4, -0.2) is 11.2 Å². The predicted molar refractivity (Wildman–Crippen MR) is 81.8 cm³/mol. The molecule has 0 saturated carbocycles. The fourth-order valence-electron chi connectivity index (χ4n) is 1.62. The van der Waals surface area contributed by atoms with Gasteiger partial charge in [0.15, 0.2) is 0 Å². The summed E-state index contributed by atoms with van der Waals surface area (Å²) in [6.45, 7) is 1.62. The van der Waals surface area contributed by atoms with Crippen molar-refractivity contribution in [2.75, 3.05) is 5.32 Å². The first kappa shape index (κ1) is 15.8. The molecule has 0 fully saturated rings. The number of carbonyl (C=O) groups is 1. The third-order valence-corrected chi connectivity index (χ3v) is 4.03. The maximum atomic E-state index is 13.5. The topological polar surface area (TPSA) is 29.1 Å². The van der Waals surface area contributed by atoms with Gasteiger partial charge < -0.3 is 5.32 Å². The maximum absolute atomic E-state index is 13.5. The summed E-state index contributed by atoms with van der Waals surface area (Å²) >= 11 is 6.78. The zero-order valence-corrected chi connectivity index (χ0v) is 12.6. The smallest absolute Gasteiger partial charge is 0.237 e. The lowest BCUT2D eigenvalue weighted by Gasteiger charge is -2.12. The second-order valence-corrected chi connectivity index (χ2v) is 6.15. The molecule has 6 heteroatoms. The largest absolute Gasteiger partial charge is 0.325 e. The second-order valence-electron chi connectivity index (χ2n) is 4.33. The molecule has 1 N–H and O–H groups in total. The Kier molecular flexibility index (Phi) is 5.20. The predicted octanol–water partition coefficient (Wildman–Crippen LogP) is 4.74. The molecule has 0 saturated heterocycles. The van der Waals surface area contributed by atoms with E-state index in [-0.39, 0.29) is 10.8 Å².